The van der Waals surface area contributed by atoms with Crippen LogP contribution in [-0.2, 0) is 9.59 Å². The highest BCUT2D eigenvalue weighted by atomic mass is 32.2. The average molecular weight is 385 g/mol. The lowest BCUT2D eigenvalue weighted by Gasteiger charge is -2.23. The number of anilines is 2. The van der Waals surface area contributed by atoms with Crippen LogP contribution < -0.4 is 15.4 Å². The Morgan fingerprint density at radius 2 is 2.19 bits per heavy atom. The molecule has 1 unspecified atom stereocenters. The number of nitrogens with zero attached hydrogens (tertiary/aromatic N) is 1. The van der Waals surface area contributed by atoms with Crippen LogP contribution in [0.25, 0.3) is 10.2 Å². The highest BCUT2D eigenvalue weighted by molar-refractivity contribution is 8.01. The normalized spacial score (nSPS) is 15.9. The lowest BCUT2D eigenvalue weighted by Crippen LogP contribution is -2.34. The van der Waals surface area contributed by atoms with Crippen LogP contribution in [0.3, 0.4) is 0 Å². The van der Waals surface area contributed by atoms with Crippen LogP contribution in [0.4, 0.5) is 11.4 Å². The molecule has 0 saturated heterocycles. The number of amides is 2. The molecule has 1 aliphatic rings. The topological polar surface area (TPSA) is 80.3 Å². The predicted molar refractivity (Wildman–Crippen MR) is 104 cm³/mol. The van der Waals surface area contributed by atoms with E-state index in [4.69, 9.17) is 4.74 Å². The van der Waals surface area contributed by atoms with E-state index in [1.54, 1.807) is 36.5 Å². The molecule has 0 fully saturated rings. The number of hydrogen-bond acceptors (Lipinski definition) is 6. The lowest BCUT2D eigenvalue weighted by molar-refractivity contribution is -0.122. The lowest BCUT2D eigenvalue weighted by atomic mass is 10.2. The Morgan fingerprint density at radius 1 is 1.35 bits per heavy atom. The van der Waals surface area contributed by atoms with Gasteiger partial charge in [0.05, 0.1) is 21.7 Å². The third-order valence-corrected chi connectivity index (χ3v) is 5.97. The molecule has 2 heterocycles. The summed E-state index contributed by atoms with van der Waals surface area (Å²) < 4.78 is 7.47. The summed E-state index contributed by atoms with van der Waals surface area (Å²) >= 11 is 2.98. The molecule has 1 aliphatic heterocycles. The van der Waals surface area contributed by atoms with Crippen LogP contribution in [0, 0.1) is 0 Å². The van der Waals surface area contributed by atoms with E-state index in [1.165, 1.54) is 11.8 Å². The summed E-state index contributed by atoms with van der Waals surface area (Å²) in [6.07, 6.45) is -0.520. The van der Waals surface area contributed by atoms with Crippen LogP contribution in [0.15, 0.2) is 46.8 Å². The standard InChI is InChI=1S/C18H15N3O3S2/c1-10-17(23)20-13-8-11(6-7-14(13)24-10)19-16(22)9-25-18-21-12-4-2-3-5-15(12)26-18/h2-8,10H,9H2,1H3,(H,19,22)(H,20,23). The fraction of sp³-hybridized carbons (Fsp3) is 0.167. The Balaban J connectivity index is 1.39. The summed E-state index contributed by atoms with van der Waals surface area (Å²) in [5, 5.41) is 5.60. The predicted octanol–water partition coefficient (Wildman–Crippen LogP) is 3.75. The van der Waals surface area contributed by atoms with E-state index in [2.05, 4.69) is 15.6 Å². The Morgan fingerprint density at radius 3 is 3.04 bits per heavy atom. The van der Waals surface area contributed by atoms with Crippen molar-refractivity contribution in [2.24, 2.45) is 0 Å². The fourth-order valence-electron chi connectivity index (χ4n) is 2.52. The van der Waals surface area contributed by atoms with Gasteiger partial charge in [-0.05, 0) is 37.3 Å². The van der Waals surface area contributed by atoms with Crippen LogP contribution in [-0.4, -0.2) is 28.7 Å². The average Bonchev–Trinajstić information content (AvgIpc) is 3.04. The van der Waals surface area contributed by atoms with Gasteiger partial charge in [-0.1, -0.05) is 23.9 Å². The van der Waals surface area contributed by atoms with E-state index < -0.39 is 6.10 Å². The Bertz CT molecular complexity index is 969. The monoisotopic (exact) mass is 385 g/mol. The second kappa shape index (κ2) is 6.97. The molecule has 2 N–H and O–H groups in total. The zero-order valence-corrected chi connectivity index (χ0v) is 15.4. The van der Waals surface area contributed by atoms with E-state index in [0.29, 0.717) is 17.1 Å². The van der Waals surface area contributed by atoms with E-state index in [9.17, 15) is 9.59 Å². The molecule has 0 saturated carbocycles. The van der Waals surface area contributed by atoms with E-state index >= 15 is 0 Å². The van der Waals surface area contributed by atoms with Crippen LogP contribution in [0.5, 0.6) is 5.75 Å². The maximum atomic E-state index is 12.2. The first-order valence-corrected chi connectivity index (χ1v) is 9.78. The van der Waals surface area contributed by atoms with Gasteiger partial charge in [-0.25, -0.2) is 4.98 Å². The quantitative estimate of drug-likeness (QED) is 0.669. The number of aromatic nitrogens is 1. The van der Waals surface area contributed by atoms with Gasteiger partial charge in [-0.2, -0.15) is 0 Å². The Labute approximate surface area is 158 Å². The molecule has 26 heavy (non-hydrogen) atoms. The maximum Gasteiger partial charge on any atom is 0.265 e. The summed E-state index contributed by atoms with van der Waals surface area (Å²) in [5.74, 6) is 0.522. The summed E-state index contributed by atoms with van der Waals surface area (Å²) in [6.45, 7) is 1.69. The molecule has 2 amide bonds. The maximum absolute atomic E-state index is 12.2. The second-order valence-corrected chi connectivity index (χ2v) is 8.00. The van der Waals surface area contributed by atoms with Crippen LogP contribution >= 0.6 is 23.1 Å². The minimum atomic E-state index is -0.520. The number of ether oxygens (including phenoxy) is 1. The van der Waals surface area contributed by atoms with Crippen molar-refractivity contribution in [3.8, 4) is 5.75 Å². The van der Waals surface area contributed by atoms with Crippen LogP contribution in [0.1, 0.15) is 6.92 Å². The first-order chi connectivity index (χ1) is 12.6. The molecule has 0 bridgehead atoms. The van der Waals surface area contributed by atoms with Crippen molar-refractivity contribution in [3.63, 3.8) is 0 Å². The molecule has 3 aromatic rings. The van der Waals surface area contributed by atoms with Crippen molar-refractivity contribution >= 4 is 56.5 Å². The molecule has 0 spiro atoms. The summed E-state index contributed by atoms with van der Waals surface area (Å²) in [4.78, 5) is 28.4. The van der Waals surface area contributed by atoms with E-state index in [-0.39, 0.29) is 17.6 Å². The van der Waals surface area contributed by atoms with Crippen molar-refractivity contribution < 1.29 is 14.3 Å². The van der Waals surface area contributed by atoms with Gasteiger partial charge < -0.3 is 15.4 Å². The van der Waals surface area contributed by atoms with Crippen LogP contribution in [0.2, 0.25) is 0 Å². The first-order valence-electron chi connectivity index (χ1n) is 7.98. The van der Waals surface area contributed by atoms with Gasteiger partial charge in [0.1, 0.15) is 5.75 Å². The molecule has 1 aromatic heterocycles. The zero-order chi connectivity index (χ0) is 18.1. The number of fused-ring (bicyclic) bond motifs is 2. The van der Waals surface area contributed by atoms with E-state index in [1.807, 2.05) is 24.3 Å². The Kier molecular flexibility index (Phi) is 4.52. The minimum Gasteiger partial charge on any atom is -0.479 e. The smallest absolute Gasteiger partial charge is 0.265 e. The number of hydrogen-bond donors (Lipinski definition) is 2. The number of carbonyl (C=O) groups excluding carboxylic acids is 2. The van der Waals surface area contributed by atoms with Crippen molar-refractivity contribution in [2.45, 2.75) is 17.4 Å². The molecule has 2 aromatic carbocycles. The van der Waals surface area contributed by atoms with E-state index in [0.717, 1.165) is 14.6 Å². The third kappa shape index (κ3) is 3.51. The highest BCUT2D eigenvalue weighted by Gasteiger charge is 2.23. The fourth-order valence-corrected chi connectivity index (χ4v) is 4.39. The number of benzene rings is 2. The van der Waals surface area contributed by atoms with Gasteiger partial charge >= 0.3 is 0 Å². The van der Waals surface area contributed by atoms with Gasteiger partial charge in [-0.15, -0.1) is 11.3 Å². The van der Waals surface area contributed by atoms with Crippen molar-refractivity contribution in [1.82, 2.24) is 4.98 Å². The second-order valence-electron chi connectivity index (χ2n) is 5.74. The molecule has 0 radical (unpaired) electrons. The molecule has 0 aliphatic carbocycles. The molecule has 6 nitrogen and oxygen atoms in total. The molecular weight excluding hydrogens is 370 g/mol. The molecule has 8 heteroatoms. The van der Waals surface area contributed by atoms with Gasteiger partial charge in [0.15, 0.2) is 10.4 Å². The molecule has 1 atom stereocenters. The Hall–Kier alpha value is -2.58. The first kappa shape index (κ1) is 16.9. The SMILES string of the molecule is CC1Oc2ccc(NC(=O)CSc3nc4ccccc4s3)cc2NC1=O. The third-order valence-electron chi connectivity index (χ3n) is 3.80. The minimum absolute atomic E-state index is 0.134. The molecule has 4 rings (SSSR count). The van der Waals surface area contributed by atoms with Crippen molar-refractivity contribution in [2.75, 3.05) is 16.4 Å². The highest BCUT2D eigenvalue weighted by Crippen LogP contribution is 2.33. The molecular formula is C18H15N3O3S2. The summed E-state index contributed by atoms with van der Waals surface area (Å²) in [6, 6.07) is 13.1. The largest absolute Gasteiger partial charge is 0.479 e. The van der Waals surface area contributed by atoms with Gasteiger partial charge in [-0.3, -0.25) is 9.59 Å². The summed E-state index contributed by atoms with van der Waals surface area (Å²) in [7, 11) is 0. The van der Waals surface area contributed by atoms with Gasteiger partial charge in [0.25, 0.3) is 5.91 Å². The van der Waals surface area contributed by atoms with Gasteiger partial charge in [0.2, 0.25) is 5.91 Å². The van der Waals surface area contributed by atoms with Gasteiger partial charge in [0, 0.05) is 5.69 Å². The number of rotatable bonds is 4. The number of para-hydroxylation sites is 1. The number of carbonyl (C=O) groups is 2. The van der Waals surface area contributed by atoms with Crippen molar-refractivity contribution in [3.05, 3.63) is 42.5 Å². The number of nitrogens with one attached hydrogen (secondary N) is 2. The van der Waals surface area contributed by atoms with Crippen molar-refractivity contribution in [1.29, 1.82) is 0 Å². The summed E-state index contributed by atoms with van der Waals surface area (Å²) in [5.41, 5.74) is 2.11. The zero-order valence-electron chi connectivity index (χ0n) is 13.8. The molecule has 132 valence electrons. The number of thiazole rings is 1. The number of thioether (sulfide) groups is 1.